The summed E-state index contributed by atoms with van der Waals surface area (Å²) in [6, 6.07) is -0.937. The minimum atomic E-state index is -4.95. The van der Waals surface area contributed by atoms with Crippen LogP contribution in [0.4, 0.5) is 13.2 Å². The maximum absolute atomic E-state index is 12.1. The second-order valence-electron chi connectivity index (χ2n) is 3.81. The van der Waals surface area contributed by atoms with E-state index in [1.54, 1.807) is 12.2 Å². The number of alkyl halides is 3. The van der Waals surface area contributed by atoms with Gasteiger partial charge >= 0.3 is 12.1 Å². The molecule has 1 rings (SSSR count). The SMILES string of the molecule is CO[C@@H]1[C@@H](NC(=O)C(F)(F)F)C[C@@H](O)O[C@@H]1C. The number of aliphatic hydroxyl groups is 1. The lowest BCUT2D eigenvalue weighted by Crippen LogP contribution is -2.57. The minimum Gasteiger partial charge on any atom is -0.377 e. The summed E-state index contributed by atoms with van der Waals surface area (Å²) in [4.78, 5) is 10.8. The predicted molar refractivity (Wildman–Crippen MR) is 50.0 cm³/mol. The number of rotatable bonds is 2. The molecule has 1 aliphatic heterocycles. The Kier molecular flexibility index (Phi) is 4.34. The molecule has 0 spiro atoms. The molecule has 17 heavy (non-hydrogen) atoms. The summed E-state index contributed by atoms with van der Waals surface area (Å²) in [5, 5.41) is 11.1. The molecule has 0 aromatic rings. The van der Waals surface area contributed by atoms with Gasteiger partial charge in [-0.25, -0.2) is 0 Å². The molecule has 0 radical (unpaired) electrons. The van der Waals surface area contributed by atoms with Crippen molar-refractivity contribution in [3.05, 3.63) is 0 Å². The first-order valence-corrected chi connectivity index (χ1v) is 4.99. The third-order valence-corrected chi connectivity index (χ3v) is 2.53. The third kappa shape index (κ3) is 3.55. The molecular weight excluding hydrogens is 243 g/mol. The topological polar surface area (TPSA) is 67.8 Å². The minimum absolute atomic E-state index is 0.148. The Balaban J connectivity index is 2.69. The van der Waals surface area contributed by atoms with Gasteiger partial charge < -0.3 is 19.9 Å². The molecule has 0 bridgehead atoms. The van der Waals surface area contributed by atoms with E-state index in [9.17, 15) is 23.1 Å². The first-order valence-electron chi connectivity index (χ1n) is 4.99. The molecule has 0 saturated carbocycles. The summed E-state index contributed by atoms with van der Waals surface area (Å²) >= 11 is 0. The van der Waals surface area contributed by atoms with E-state index in [2.05, 4.69) is 0 Å². The largest absolute Gasteiger partial charge is 0.471 e. The number of ether oxygens (including phenoxy) is 2. The molecule has 0 aromatic carbocycles. The summed E-state index contributed by atoms with van der Waals surface area (Å²) in [6.07, 6.45) is -7.66. The molecule has 0 unspecified atom stereocenters. The molecule has 1 amide bonds. The van der Waals surface area contributed by atoms with Gasteiger partial charge in [-0.1, -0.05) is 0 Å². The number of hydrogen-bond donors (Lipinski definition) is 2. The van der Waals surface area contributed by atoms with E-state index in [0.717, 1.165) is 0 Å². The van der Waals surface area contributed by atoms with E-state index in [0.29, 0.717) is 0 Å². The standard InChI is InChI=1S/C9H14F3NO4/c1-4-7(16-2)5(3-6(14)17-4)13-8(15)9(10,11)12/h4-7,14H,3H2,1-2H3,(H,13,15)/t4-,5+,6+,7+/m1/s1. The summed E-state index contributed by atoms with van der Waals surface area (Å²) in [5.41, 5.74) is 0. The van der Waals surface area contributed by atoms with Crippen LogP contribution < -0.4 is 5.32 Å². The summed E-state index contributed by atoms with van der Waals surface area (Å²) in [6.45, 7) is 1.54. The quantitative estimate of drug-likeness (QED) is 0.740. The second-order valence-corrected chi connectivity index (χ2v) is 3.81. The molecule has 0 aliphatic carbocycles. The maximum Gasteiger partial charge on any atom is 0.471 e. The highest BCUT2D eigenvalue weighted by Crippen LogP contribution is 2.23. The number of nitrogens with one attached hydrogen (secondary N) is 1. The molecule has 4 atom stereocenters. The molecule has 1 fully saturated rings. The van der Waals surface area contributed by atoms with Crippen LogP contribution in [0.3, 0.4) is 0 Å². The number of hydrogen-bond acceptors (Lipinski definition) is 4. The molecule has 5 nitrogen and oxygen atoms in total. The van der Waals surface area contributed by atoms with Crippen LogP contribution in [-0.2, 0) is 14.3 Å². The molecule has 2 N–H and O–H groups in total. The smallest absolute Gasteiger partial charge is 0.377 e. The molecule has 1 heterocycles. The Morgan fingerprint density at radius 2 is 2.12 bits per heavy atom. The summed E-state index contributed by atoms with van der Waals surface area (Å²) in [7, 11) is 1.30. The van der Waals surface area contributed by atoms with E-state index in [-0.39, 0.29) is 6.42 Å². The van der Waals surface area contributed by atoms with Gasteiger partial charge in [0.2, 0.25) is 0 Å². The molecular formula is C9H14F3NO4. The van der Waals surface area contributed by atoms with Crippen molar-refractivity contribution in [2.24, 2.45) is 0 Å². The third-order valence-electron chi connectivity index (χ3n) is 2.53. The van der Waals surface area contributed by atoms with Gasteiger partial charge in [-0.2, -0.15) is 13.2 Å². The second kappa shape index (κ2) is 5.19. The summed E-state index contributed by atoms with van der Waals surface area (Å²) in [5.74, 6) is -2.05. The first-order chi connectivity index (χ1) is 7.75. The van der Waals surface area contributed by atoms with Crippen molar-refractivity contribution in [3.8, 4) is 0 Å². The van der Waals surface area contributed by atoms with Crippen LogP contribution in [0, 0.1) is 0 Å². The van der Waals surface area contributed by atoms with Gasteiger partial charge in [0.15, 0.2) is 6.29 Å². The fourth-order valence-corrected chi connectivity index (χ4v) is 1.81. The highest BCUT2D eigenvalue weighted by Gasteiger charge is 2.44. The van der Waals surface area contributed by atoms with Crippen molar-refractivity contribution < 1.29 is 32.5 Å². The predicted octanol–water partition coefficient (Wildman–Crippen LogP) is 0.176. The molecule has 8 heteroatoms. The number of amides is 1. The van der Waals surface area contributed by atoms with Crippen LogP contribution in [0.25, 0.3) is 0 Å². The lowest BCUT2D eigenvalue weighted by atomic mass is 9.99. The molecule has 1 aliphatic rings. The van der Waals surface area contributed by atoms with Crippen molar-refractivity contribution in [2.45, 2.75) is 44.1 Å². The first kappa shape index (κ1) is 14.2. The van der Waals surface area contributed by atoms with E-state index < -0.39 is 36.6 Å². The average Bonchev–Trinajstić information content (AvgIpc) is 2.15. The number of carbonyl (C=O) groups is 1. The van der Waals surface area contributed by atoms with E-state index >= 15 is 0 Å². The fourth-order valence-electron chi connectivity index (χ4n) is 1.81. The Labute approximate surface area is 95.9 Å². The van der Waals surface area contributed by atoms with Gasteiger partial charge in [0.1, 0.15) is 6.10 Å². The Bertz CT molecular complexity index is 284. The fraction of sp³-hybridized carbons (Fsp3) is 0.889. The van der Waals surface area contributed by atoms with E-state index in [4.69, 9.17) is 9.47 Å². The zero-order valence-corrected chi connectivity index (χ0v) is 9.32. The van der Waals surface area contributed by atoms with Gasteiger partial charge in [0, 0.05) is 13.5 Å². The average molecular weight is 257 g/mol. The Morgan fingerprint density at radius 3 is 2.59 bits per heavy atom. The zero-order chi connectivity index (χ0) is 13.2. The van der Waals surface area contributed by atoms with Crippen molar-refractivity contribution >= 4 is 5.91 Å². The molecule has 100 valence electrons. The Hall–Kier alpha value is -0.860. The van der Waals surface area contributed by atoms with Crippen LogP contribution in [0.5, 0.6) is 0 Å². The van der Waals surface area contributed by atoms with Crippen molar-refractivity contribution in [3.63, 3.8) is 0 Å². The van der Waals surface area contributed by atoms with Gasteiger partial charge in [-0.15, -0.1) is 0 Å². The lowest BCUT2D eigenvalue weighted by molar-refractivity contribution is -0.212. The van der Waals surface area contributed by atoms with Crippen LogP contribution >= 0.6 is 0 Å². The molecule has 1 saturated heterocycles. The van der Waals surface area contributed by atoms with Crippen LogP contribution in [0.2, 0.25) is 0 Å². The van der Waals surface area contributed by atoms with E-state index in [1.165, 1.54) is 7.11 Å². The number of methoxy groups -OCH3 is 1. The van der Waals surface area contributed by atoms with Gasteiger partial charge in [0.25, 0.3) is 0 Å². The van der Waals surface area contributed by atoms with Crippen LogP contribution in [-0.4, -0.2) is 48.8 Å². The monoisotopic (exact) mass is 257 g/mol. The highest BCUT2D eigenvalue weighted by molar-refractivity contribution is 5.82. The normalized spacial score (nSPS) is 34.5. The number of carbonyl (C=O) groups excluding carboxylic acids is 1. The lowest BCUT2D eigenvalue weighted by Gasteiger charge is -2.38. The van der Waals surface area contributed by atoms with Crippen molar-refractivity contribution in [1.82, 2.24) is 5.32 Å². The van der Waals surface area contributed by atoms with Crippen LogP contribution in [0.1, 0.15) is 13.3 Å². The summed E-state index contributed by atoms with van der Waals surface area (Å²) < 4.78 is 46.2. The van der Waals surface area contributed by atoms with Crippen LogP contribution in [0.15, 0.2) is 0 Å². The van der Waals surface area contributed by atoms with E-state index in [1.807, 2.05) is 0 Å². The van der Waals surface area contributed by atoms with Gasteiger partial charge in [0.05, 0.1) is 12.1 Å². The number of aliphatic hydroxyl groups excluding tert-OH is 1. The Morgan fingerprint density at radius 1 is 1.53 bits per heavy atom. The number of halogens is 3. The highest BCUT2D eigenvalue weighted by atomic mass is 19.4. The maximum atomic E-state index is 12.1. The van der Waals surface area contributed by atoms with Crippen molar-refractivity contribution in [2.75, 3.05) is 7.11 Å². The zero-order valence-electron chi connectivity index (χ0n) is 9.32. The van der Waals surface area contributed by atoms with Gasteiger partial charge in [-0.3, -0.25) is 4.79 Å². The van der Waals surface area contributed by atoms with Crippen molar-refractivity contribution in [1.29, 1.82) is 0 Å². The van der Waals surface area contributed by atoms with Gasteiger partial charge in [-0.05, 0) is 6.92 Å². The molecule has 0 aromatic heterocycles.